The normalized spacial score (nSPS) is 24.5. The largest absolute Gasteiger partial charge is 0.444 e. The average molecular weight is 374 g/mol. The first-order valence-electron chi connectivity index (χ1n) is 9.10. The molecule has 0 N–H and O–H groups in total. The van der Waals surface area contributed by atoms with Gasteiger partial charge < -0.3 is 4.74 Å². The maximum absolute atomic E-state index is 13.7. The summed E-state index contributed by atoms with van der Waals surface area (Å²) in [7, 11) is 0. The molecule has 1 atom stereocenters. The molecule has 138 valence electrons. The van der Waals surface area contributed by atoms with Crippen molar-refractivity contribution in [2.45, 2.75) is 32.4 Å². The molecular formula is C20H23FN2O2S. The Bertz CT molecular complexity index is 786. The van der Waals surface area contributed by atoms with Crippen LogP contribution >= 0.6 is 11.3 Å². The molecule has 26 heavy (non-hydrogen) atoms. The summed E-state index contributed by atoms with van der Waals surface area (Å²) >= 11 is 1.64. The molecule has 3 aliphatic heterocycles. The number of halogens is 1. The van der Waals surface area contributed by atoms with Gasteiger partial charge in [-0.05, 0) is 69.1 Å². The Kier molecular flexibility index (Phi) is 4.96. The number of piperidine rings is 3. The number of ether oxygens (including phenoxy) is 1. The highest BCUT2D eigenvalue weighted by atomic mass is 32.1. The van der Waals surface area contributed by atoms with Gasteiger partial charge in [-0.2, -0.15) is 0 Å². The predicted octanol–water partition coefficient (Wildman–Crippen LogP) is 4.43. The van der Waals surface area contributed by atoms with Crippen LogP contribution in [0, 0.1) is 18.7 Å². The van der Waals surface area contributed by atoms with E-state index in [1.807, 2.05) is 19.1 Å². The van der Waals surface area contributed by atoms with Crippen LogP contribution in [-0.2, 0) is 11.3 Å². The van der Waals surface area contributed by atoms with E-state index in [0.717, 1.165) is 37.4 Å². The second-order valence-electron chi connectivity index (χ2n) is 7.14. The minimum absolute atomic E-state index is 0.0638. The first kappa shape index (κ1) is 17.5. The lowest BCUT2D eigenvalue weighted by Gasteiger charge is -2.44. The van der Waals surface area contributed by atoms with Crippen molar-refractivity contribution in [2.24, 2.45) is 5.92 Å². The van der Waals surface area contributed by atoms with Gasteiger partial charge in [0, 0.05) is 16.3 Å². The minimum Gasteiger partial charge on any atom is -0.444 e. The molecular weight excluding hydrogens is 351 g/mol. The van der Waals surface area contributed by atoms with Crippen LogP contribution in [0.1, 0.15) is 22.6 Å². The van der Waals surface area contributed by atoms with E-state index in [9.17, 15) is 9.18 Å². The highest BCUT2D eigenvalue weighted by molar-refractivity contribution is 7.11. The quantitative estimate of drug-likeness (QED) is 0.793. The number of anilines is 1. The van der Waals surface area contributed by atoms with Crippen molar-refractivity contribution in [3.63, 3.8) is 0 Å². The number of carbonyl (C=O) groups is 1. The lowest BCUT2D eigenvalue weighted by molar-refractivity contribution is -0.0311. The van der Waals surface area contributed by atoms with Gasteiger partial charge in [-0.1, -0.05) is 6.07 Å². The lowest BCUT2D eigenvalue weighted by atomic mass is 9.86. The van der Waals surface area contributed by atoms with E-state index in [4.69, 9.17) is 4.74 Å². The van der Waals surface area contributed by atoms with Crippen molar-refractivity contribution < 1.29 is 13.9 Å². The molecule has 0 radical (unpaired) electrons. The fourth-order valence-electron chi connectivity index (χ4n) is 3.87. The van der Waals surface area contributed by atoms with Gasteiger partial charge in [0.25, 0.3) is 0 Å². The van der Waals surface area contributed by atoms with Crippen molar-refractivity contribution in [1.82, 2.24) is 4.90 Å². The Balaban J connectivity index is 1.54. The molecule has 0 unspecified atom stereocenters. The maximum atomic E-state index is 13.7. The second-order valence-corrected chi connectivity index (χ2v) is 8.51. The number of rotatable bonds is 4. The number of fused-ring (bicyclic) bond motifs is 3. The van der Waals surface area contributed by atoms with Gasteiger partial charge in [0.1, 0.15) is 11.9 Å². The van der Waals surface area contributed by atoms with E-state index in [0.29, 0.717) is 18.2 Å². The number of amides is 1. The van der Waals surface area contributed by atoms with Crippen LogP contribution in [0.3, 0.4) is 0 Å². The fourth-order valence-corrected chi connectivity index (χ4v) is 4.75. The zero-order chi connectivity index (χ0) is 18.1. The van der Waals surface area contributed by atoms with Crippen LogP contribution in [0.5, 0.6) is 0 Å². The van der Waals surface area contributed by atoms with E-state index >= 15 is 0 Å². The van der Waals surface area contributed by atoms with Gasteiger partial charge in [-0.25, -0.2) is 9.18 Å². The molecule has 3 fully saturated rings. The fraction of sp³-hybridized carbons (Fsp3) is 0.450. The smallest absolute Gasteiger partial charge is 0.414 e. The van der Waals surface area contributed by atoms with Gasteiger partial charge in [0.15, 0.2) is 0 Å². The molecule has 2 bridgehead atoms. The molecule has 4 nitrogen and oxygen atoms in total. The number of hydrogen-bond donors (Lipinski definition) is 0. The van der Waals surface area contributed by atoms with Crippen LogP contribution in [0.25, 0.3) is 0 Å². The first-order valence-corrected chi connectivity index (χ1v) is 9.91. The van der Waals surface area contributed by atoms with Crippen LogP contribution in [0.2, 0.25) is 0 Å². The SMILES string of the molecule is Cc1ccc(CN(C(=O)O[C@H]2CN3CCC2CC3)c2cccc(F)c2)s1. The number of hydrogen-bond acceptors (Lipinski definition) is 4. The Morgan fingerprint density at radius 1 is 1.31 bits per heavy atom. The molecule has 0 aliphatic carbocycles. The van der Waals surface area contributed by atoms with E-state index in [2.05, 4.69) is 4.90 Å². The van der Waals surface area contributed by atoms with Crippen molar-refractivity contribution in [3.8, 4) is 0 Å². The summed E-state index contributed by atoms with van der Waals surface area (Å²) in [6.45, 7) is 5.43. The van der Waals surface area contributed by atoms with Gasteiger partial charge in [0.05, 0.1) is 12.2 Å². The van der Waals surface area contributed by atoms with Crippen molar-refractivity contribution in [1.29, 1.82) is 0 Å². The van der Waals surface area contributed by atoms with E-state index in [1.54, 1.807) is 28.4 Å². The summed E-state index contributed by atoms with van der Waals surface area (Å²) in [5.74, 6) is 0.0905. The Hall–Kier alpha value is -1.92. The molecule has 4 heterocycles. The molecule has 2 aromatic rings. The third-order valence-corrected chi connectivity index (χ3v) is 6.28. The highest BCUT2D eigenvalue weighted by Crippen LogP contribution is 2.31. The lowest BCUT2D eigenvalue weighted by Crippen LogP contribution is -2.53. The van der Waals surface area contributed by atoms with E-state index in [1.165, 1.54) is 17.0 Å². The topological polar surface area (TPSA) is 32.8 Å². The molecule has 1 aromatic heterocycles. The van der Waals surface area contributed by atoms with Gasteiger partial charge in [0.2, 0.25) is 0 Å². The molecule has 1 aromatic carbocycles. The number of nitrogens with zero attached hydrogens (tertiary/aromatic N) is 2. The summed E-state index contributed by atoms with van der Waals surface area (Å²) in [4.78, 5) is 19.1. The molecule has 3 aliphatic rings. The number of carbonyl (C=O) groups excluding carboxylic acids is 1. The predicted molar refractivity (Wildman–Crippen MR) is 101 cm³/mol. The van der Waals surface area contributed by atoms with Crippen LogP contribution in [0.15, 0.2) is 36.4 Å². The second kappa shape index (κ2) is 7.37. The standard InChI is InChI=1S/C20H23FN2O2S/c1-14-5-6-18(26-14)12-23(17-4-2-3-16(21)11-17)20(24)25-19-13-22-9-7-15(19)8-10-22/h2-6,11,15,19H,7-10,12-13H2,1H3/t19-/m0/s1. The number of benzene rings is 1. The Morgan fingerprint density at radius 3 is 2.73 bits per heavy atom. The molecule has 0 saturated carbocycles. The third-order valence-electron chi connectivity index (χ3n) is 5.30. The summed E-state index contributed by atoms with van der Waals surface area (Å²) in [5.41, 5.74) is 0.530. The average Bonchev–Trinajstić information content (AvgIpc) is 3.05. The molecule has 5 rings (SSSR count). The van der Waals surface area contributed by atoms with Crippen LogP contribution in [-0.4, -0.2) is 36.7 Å². The molecule has 0 spiro atoms. The molecule has 3 saturated heterocycles. The third kappa shape index (κ3) is 3.76. The highest BCUT2D eigenvalue weighted by Gasteiger charge is 2.37. The van der Waals surface area contributed by atoms with Crippen LogP contribution < -0.4 is 4.90 Å². The number of aryl methyl sites for hydroxylation is 1. The molecule has 1 amide bonds. The Labute approximate surface area is 157 Å². The summed E-state index contributed by atoms with van der Waals surface area (Å²) in [6.07, 6.45) is 1.72. The van der Waals surface area contributed by atoms with E-state index in [-0.39, 0.29) is 18.0 Å². The zero-order valence-electron chi connectivity index (χ0n) is 14.9. The van der Waals surface area contributed by atoms with E-state index < -0.39 is 0 Å². The van der Waals surface area contributed by atoms with Crippen molar-refractivity contribution in [3.05, 3.63) is 52.0 Å². The van der Waals surface area contributed by atoms with Gasteiger partial charge in [-0.15, -0.1) is 11.3 Å². The van der Waals surface area contributed by atoms with Crippen LogP contribution in [0.4, 0.5) is 14.9 Å². The first-order chi connectivity index (χ1) is 12.6. The van der Waals surface area contributed by atoms with Crippen molar-refractivity contribution in [2.75, 3.05) is 24.5 Å². The van der Waals surface area contributed by atoms with Gasteiger partial charge in [-0.3, -0.25) is 9.80 Å². The summed E-state index contributed by atoms with van der Waals surface area (Å²) < 4.78 is 19.6. The Morgan fingerprint density at radius 2 is 2.12 bits per heavy atom. The monoisotopic (exact) mass is 374 g/mol. The van der Waals surface area contributed by atoms with Crippen molar-refractivity contribution >= 4 is 23.1 Å². The summed E-state index contributed by atoms with van der Waals surface area (Å²) in [6, 6.07) is 10.2. The van der Waals surface area contributed by atoms with Gasteiger partial charge >= 0.3 is 6.09 Å². The molecule has 6 heteroatoms. The number of thiophene rings is 1. The summed E-state index contributed by atoms with van der Waals surface area (Å²) in [5, 5.41) is 0. The minimum atomic E-state index is -0.389. The maximum Gasteiger partial charge on any atom is 0.414 e. The zero-order valence-corrected chi connectivity index (χ0v) is 15.7.